The van der Waals surface area contributed by atoms with Gasteiger partial charge < -0.3 is 10.0 Å². The fraction of sp³-hybridized carbons (Fsp3) is 0.615. The smallest absolute Gasteiger partial charge is 0.195 e. The molecule has 2 rings (SSSR count). The van der Waals surface area contributed by atoms with E-state index in [9.17, 15) is 5.11 Å². The summed E-state index contributed by atoms with van der Waals surface area (Å²) in [5.74, 6) is 0.881. The topological polar surface area (TPSA) is 40.8 Å². The number of rotatable bonds is 3. The molecule has 0 amide bonds. The first-order chi connectivity index (χ1) is 8.36. The molecule has 5 heteroatoms. The second-order valence-corrected chi connectivity index (χ2v) is 6.62. The molecule has 2 heterocycles. The van der Waals surface area contributed by atoms with Crippen LogP contribution in [0.4, 0.5) is 5.82 Å². The standard InChI is InChI=1S/C13H21N3OS/c1-9(13(2,3)4)15(5)11-10(8-17)16-6-7-18-12(16)14-11/h6-7,9,17H,8H2,1-5H3. The van der Waals surface area contributed by atoms with E-state index in [0.29, 0.717) is 6.04 Å². The van der Waals surface area contributed by atoms with Crippen LogP contribution in [-0.4, -0.2) is 27.6 Å². The van der Waals surface area contributed by atoms with Gasteiger partial charge in [0.2, 0.25) is 0 Å². The fourth-order valence-electron chi connectivity index (χ4n) is 2.01. The molecule has 18 heavy (non-hydrogen) atoms. The van der Waals surface area contributed by atoms with Gasteiger partial charge >= 0.3 is 0 Å². The van der Waals surface area contributed by atoms with Crippen molar-refractivity contribution in [2.75, 3.05) is 11.9 Å². The number of aromatic nitrogens is 2. The summed E-state index contributed by atoms with van der Waals surface area (Å²) >= 11 is 1.59. The number of aliphatic hydroxyl groups excluding tert-OH is 1. The van der Waals surface area contributed by atoms with Gasteiger partial charge in [-0.15, -0.1) is 11.3 Å². The molecule has 0 fully saturated rings. The van der Waals surface area contributed by atoms with Gasteiger partial charge in [-0.25, -0.2) is 4.98 Å². The molecule has 0 aromatic carbocycles. The average molecular weight is 267 g/mol. The lowest BCUT2D eigenvalue weighted by atomic mass is 9.87. The van der Waals surface area contributed by atoms with E-state index >= 15 is 0 Å². The van der Waals surface area contributed by atoms with Crippen molar-refractivity contribution in [2.24, 2.45) is 5.41 Å². The van der Waals surface area contributed by atoms with Gasteiger partial charge in [0, 0.05) is 24.7 Å². The lowest BCUT2D eigenvalue weighted by Crippen LogP contribution is -2.40. The summed E-state index contributed by atoms with van der Waals surface area (Å²) < 4.78 is 1.96. The Labute approximate surface area is 112 Å². The van der Waals surface area contributed by atoms with Gasteiger partial charge in [0.05, 0.1) is 12.3 Å². The van der Waals surface area contributed by atoms with Crippen molar-refractivity contribution < 1.29 is 5.11 Å². The normalized spacial score (nSPS) is 14.1. The highest BCUT2D eigenvalue weighted by Crippen LogP contribution is 2.30. The van der Waals surface area contributed by atoms with Crippen molar-refractivity contribution in [3.63, 3.8) is 0 Å². The average Bonchev–Trinajstić information content (AvgIpc) is 2.84. The molecule has 0 saturated carbocycles. The molecular formula is C13H21N3OS. The summed E-state index contributed by atoms with van der Waals surface area (Å²) in [5, 5.41) is 11.6. The van der Waals surface area contributed by atoms with Crippen LogP contribution in [0.3, 0.4) is 0 Å². The number of nitrogens with zero attached hydrogens (tertiary/aromatic N) is 3. The molecular weight excluding hydrogens is 246 g/mol. The quantitative estimate of drug-likeness (QED) is 0.929. The second-order valence-electron chi connectivity index (χ2n) is 5.75. The number of hydrogen-bond donors (Lipinski definition) is 1. The summed E-state index contributed by atoms with van der Waals surface area (Å²) in [6, 6.07) is 0.340. The first-order valence-corrected chi connectivity index (χ1v) is 7.02. The molecule has 1 atom stereocenters. The molecule has 0 saturated heterocycles. The number of imidazole rings is 1. The summed E-state index contributed by atoms with van der Waals surface area (Å²) in [4.78, 5) is 7.72. The van der Waals surface area contributed by atoms with E-state index in [2.05, 4.69) is 37.6 Å². The number of hydrogen-bond acceptors (Lipinski definition) is 4. The molecule has 0 spiro atoms. The van der Waals surface area contributed by atoms with E-state index in [1.165, 1.54) is 0 Å². The minimum atomic E-state index is 0.00837. The van der Waals surface area contributed by atoms with Gasteiger partial charge in [-0.3, -0.25) is 4.40 Å². The van der Waals surface area contributed by atoms with Gasteiger partial charge in [0.1, 0.15) is 0 Å². The van der Waals surface area contributed by atoms with Gasteiger partial charge in [0.25, 0.3) is 0 Å². The SMILES string of the molecule is CC(N(C)c1nc2sccn2c1CO)C(C)(C)C. The van der Waals surface area contributed by atoms with Crippen LogP contribution < -0.4 is 4.90 Å². The maximum atomic E-state index is 9.57. The highest BCUT2D eigenvalue weighted by atomic mass is 32.1. The molecule has 4 nitrogen and oxygen atoms in total. The number of thiazole rings is 1. The van der Waals surface area contributed by atoms with E-state index in [1.54, 1.807) is 11.3 Å². The fourth-order valence-corrected chi connectivity index (χ4v) is 2.74. The summed E-state index contributed by atoms with van der Waals surface area (Å²) in [7, 11) is 2.04. The molecule has 0 aliphatic heterocycles. The van der Waals surface area contributed by atoms with E-state index in [-0.39, 0.29) is 12.0 Å². The third-order valence-corrected chi connectivity index (χ3v) is 4.41. The predicted molar refractivity (Wildman–Crippen MR) is 76.3 cm³/mol. The van der Waals surface area contributed by atoms with E-state index < -0.39 is 0 Å². The summed E-state index contributed by atoms with van der Waals surface area (Å²) in [6.45, 7) is 8.84. The van der Waals surface area contributed by atoms with Crippen LogP contribution in [0.1, 0.15) is 33.4 Å². The molecule has 1 unspecified atom stereocenters. The number of anilines is 1. The minimum Gasteiger partial charge on any atom is -0.390 e. The molecule has 100 valence electrons. The van der Waals surface area contributed by atoms with Crippen molar-refractivity contribution in [2.45, 2.75) is 40.3 Å². The Balaban J connectivity index is 2.44. The zero-order valence-corrected chi connectivity index (χ0v) is 12.5. The van der Waals surface area contributed by atoms with Gasteiger partial charge in [-0.05, 0) is 12.3 Å². The van der Waals surface area contributed by atoms with E-state index in [4.69, 9.17) is 0 Å². The van der Waals surface area contributed by atoms with Gasteiger partial charge in [-0.1, -0.05) is 20.8 Å². The second kappa shape index (κ2) is 4.55. The summed E-state index contributed by atoms with van der Waals surface area (Å²) in [5.41, 5.74) is 1.03. The Kier molecular flexibility index (Phi) is 3.38. The Morgan fingerprint density at radius 2 is 2.17 bits per heavy atom. The number of fused-ring (bicyclic) bond motifs is 1. The Morgan fingerprint density at radius 1 is 1.50 bits per heavy atom. The Hall–Kier alpha value is -1.07. The number of aliphatic hydroxyl groups is 1. The molecule has 0 radical (unpaired) electrons. The van der Waals surface area contributed by atoms with Crippen molar-refractivity contribution >= 4 is 22.1 Å². The molecule has 0 bridgehead atoms. The van der Waals surface area contributed by atoms with Crippen LogP contribution in [0.5, 0.6) is 0 Å². The third-order valence-electron chi connectivity index (χ3n) is 3.66. The van der Waals surface area contributed by atoms with Crippen molar-refractivity contribution in [3.8, 4) is 0 Å². The molecule has 0 aliphatic rings. The zero-order chi connectivity index (χ0) is 13.5. The van der Waals surface area contributed by atoms with Crippen LogP contribution >= 0.6 is 11.3 Å². The van der Waals surface area contributed by atoms with Gasteiger partial charge in [0.15, 0.2) is 10.8 Å². The third kappa shape index (κ3) is 2.12. The molecule has 1 N–H and O–H groups in total. The van der Waals surface area contributed by atoms with Crippen molar-refractivity contribution in [1.82, 2.24) is 9.38 Å². The lowest BCUT2D eigenvalue weighted by molar-refractivity contribution is 0.274. The highest BCUT2D eigenvalue weighted by molar-refractivity contribution is 7.15. The van der Waals surface area contributed by atoms with Crippen LogP contribution in [-0.2, 0) is 6.61 Å². The minimum absolute atomic E-state index is 0.00837. The van der Waals surface area contributed by atoms with Crippen molar-refractivity contribution in [1.29, 1.82) is 0 Å². The maximum Gasteiger partial charge on any atom is 0.195 e. The van der Waals surface area contributed by atoms with Crippen LogP contribution in [0.25, 0.3) is 4.96 Å². The monoisotopic (exact) mass is 267 g/mol. The Bertz CT molecular complexity index is 538. The Morgan fingerprint density at radius 3 is 2.72 bits per heavy atom. The van der Waals surface area contributed by atoms with E-state index in [1.807, 2.05) is 23.0 Å². The zero-order valence-electron chi connectivity index (χ0n) is 11.6. The van der Waals surface area contributed by atoms with Gasteiger partial charge in [-0.2, -0.15) is 0 Å². The first-order valence-electron chi connectivity index (χ1n) is 6.14. The van der Waals surface area contributed by atoms with Crippen molar-refractivity contribution in [3.05, 3.63) is 17.3 Å². The van der Waals surface area contributed by atoms with E-state index in [0.717, 1.165) is 16.5 Å². The molecule has 2 aromatic heterocycles. The molecule has 2 aromatic rings. The molecule has 0 aliphatic carbocycles. The largest absolute Gasteiger partial charge is 0.390 e. The highest BCUT2D eigenvalue weighted by Gasteiger charge is 2.27. The predicted octanol–water partition coefficient (Wildman–Crippen LogP) is 2.76. The van der Waals surface area contributed by atoms with Crippen LogP contribution in [0, 0.1) is 5.41 Å². The van der Waals surface area contributed by atoms with Crippen LogP contribution in [0.2, 0.25) is 0 Å². The first kappa shape index (κ1) is 13.4. The van der Waals surface area contributed by atoms with Crippen LogP contribution in [0.15, 0.2) is 11.6 Å². The maximum absolute atomic E-state index is 9.57. The lowest BCUT2D eigenvalue weighted by Gasteiger charge is -2.36. The summed E-state index contributed by atoms with van der Waals surface area (Å²) in [6.07, 6.45) is 1.96.